The topological polar surface area (TPSA) is 85.7 Å². The minimum absolute atomic E-state index is 0.246. The highest BCUT2D eigenvalue weighted by molar-refractivity contribution is 7.85. The molecule has 82 valence electrons. The van der Waals surface area contributed by atoms with E-state index in [1.807, 2.05) is 0 Å². The van der Waals surface area contributed by atoms with Crippen LogP contribution in [-0.4, -0.2) is 31.2 Å². The maximum atomic E-state index is 10.7. The second-order valence-corrected chi connectivity index (χ2v) is 4.39. The van der Waals surface area contributed by atoms with Crippen molar-refractivity contribution in [1.82, 2.24) is 4.98 Å². The lowest BCUT2D eigenvalue weighted by Gasteiger charge is -2.07. The Morgan fingerprint density at radius 3 is 2.47 bits per heavy atom. The molecule has 0 spiro atoms. The summed E-state index contributed by atoms with van der Waals surface area (Å²) in [5.74, 6) is 0. The molecule has 2 heterocycles. The Labute approximate surface area is 86.6 Å². The molecule has 1 fully saturated rings. The largest absolute Gasteiger partial charge is 0.345 e. The molecule has 7 heteroatoms. The predicted octanol–water partition coefficient (Wildman–Crippen LogP) is 0.374. The van der Waals surface area contributed by atoms with E-state index in [0.717, 1.165) is 6.20 Å². The van der Waals surface area contributed by atoms with Crippen molar-refractivity contribution in [2.45, 2.75) is 11.2 Å². The van der Waals surface area contributed by atoms with E-state index < -0.39 is 16.4 Å². The average molecular weight is 231 g/mol. The molecule has 0 atom stereocenters. The van der Waals surface area contributed by atoms with Gasteiger partial charge in [-0.3, -0.25) is 9.54 Å². The van der Waals surface area contributed by atoms with E-state index in [1.54, 1.807) is 0 Å². The summed E-state index contributed by atoms with van der Waals surface area (Å²) < 4.78 is 40.5. The van der Waals surface area contributed by atoms with Gasteiger partial charge in [-0.1, -0.05) is 0 Å². The number of ether oxygens (including phenoxy) is 2. The molecule has 6 nitrogen and oxygen atoms in total. The highest BCUT2D eigenvalue weighted by Crippen LogP contribution is 2.21. The molecule has 2 rings (SSSR count). The van der Waals surface area contributed by atoms with Crippen molar-refractivity contribution in [3.05, 3.63) is 24.0 Å². The summed E-state index contributed by atoms with van der Waals surface area (Å²) in [6.45, 7) is 0.985. The van der Waals surface area contributed by atoms with Crippen molar-refractivity contribution in [2.75, 3.05) is 13.2 Å². The van der Waals surface area contributed by atoms with Gasteiger partial charge in [-0.25, -0.2) is 0 Å². The van der Waals surface area contributed by atoms with Crippen LogP contribution in [-0.2, 0) is 19.6 Å². The van der Waals surface area contributed by atoms with Crippen LogP contribution in [0, 0.1) is 0 Å². The van der Waals surface area contributed by atoms with Gasteiger partial charge in [0.25, 0.3) is 10.1 Å². The maximum absolute atomic E-state index is 10.7. The predicted molar refractivity (Wildman–Crippen MR) is 48.7 cm³/mol. The summed E-state index contributed by atoms with van der Waals surface area (Å²) in [7, 11) is -4.19. The van der Waals surface area contributed by atoms with Crippen LogP contribution in [0.15, 0.2) is 23.2 Å². The minimum atomic E-state index is -4.19. The Bertz CT molecular complexity index is 435. The summed E-state index contributed by atoms with van der Waals surface area (Å²) in [4.78, 5) is 3.59. The van der Waals surface area contributed by atoms with Crippen LogP contribution in [0.1, 0.15) is 12.0 Å². The van der Waals surface area contributed by atoms with Crippen molar-refractivity contribution in [2.24, 2.45) is 0 Å². The lowest BCUT2D eigenvalue weighted by atomic mass is 10.3. The van der Waals surface area contributed by atoms with E-state index in [9.17, 15) is 8.42 Å². The Morgan fingerprint density at radius 1 is 1.33 bits per heavy atom. The van der Waals surface area contributed by atoms with Crippen molar-refractivity contribution in [3.63, 3.8) is 0 Å². The van der Waals surface area contributed by atoms with Crippen molar-refractivity contribution in [3.8, 4) is 0 Å². The average Bonchev–Trinajstić information content (AvgIpc) is 2.69. The first-order valence-corrected chi connectivity index (χ1v) is 5.68. The van der Waals surface area contributed by atoms with Gasteiger partial charge in [0, 0.05) is 6.20 Å². The fourth-order valence-electron chi connectivity index (χ4n) is 1.21. The van der Waals surface area contributed by atoms with Crippen molar-refractivity contribution < 1.29 is 22.4 Å². The number of nitrogens with zero attached hydrogens (tertiary/aromatic N) is 1. The summed E-state index contributed by atoms with van der Waals surface area (Å²) in [5, 5.41) is 0. The third-order valence-electron chi connectivity index (χ3n) is 1.92. The van der Waals surface area contributed by atoms with Gasteiger partial charge in [0.1, 0.15) is 4.90 Å². The highest BCUT2D eigenvalue weighted by atomic mass is 32.2. The fraction of sp³-hybridized carbons (Fsp3) is 0.375. The van der Waals surface area contributed by atoms with Gasteiger partial charge in [0.2, 0.25) is 6.29 Å². The molecule has 15 heavy (non-hydrogen) atoms. The normalized spacial score (nSPS) is 18.2. The number of pyridine rings is 1. The Morgan fingerprint density at radius 2 is 2.00 bits per heavy atom. The van der Waals surface area contributed by atoms with Gasteiger partial charge in [0.05, 0.1) is 18.9 Å². The zero-order valence-electron chi connectivity index (χ0n) is 7.66. The van der Waals surface area contributed by atoms with Crippen LogP contribution >= 0.6 is 0 Å². The van der Waals surface area contributed by atoms with Crippen LogP contribution in [0.4, 0.5) is 0 Å². The van der Waals surface area contributed by atoms with Gasteiger partial charge < -0.3 is 9.47 Å². The molecule has 1 aromatic heterocycles. The SMILES string of the molecule is O=S(=O)(O)c1ccc(C2OCCO2)nc1. The zero-order valence-corrected chi connectivity index (χ0v) is 8.48. The molecule has 0 bridgehead atoms. The number of hydrogen-bond donors (Lipinski definition) is 1. The van der Waals surface area contributed by atoms with Gasteiger partial charge >= 0.3 is 0 Å². The van der Waals surface area contributed by atoms with E-state index >= 15 is 0 Å². The molecule has 1 aliphatic heterocycles. The Kier molecular flexibility index (Phi) is 2.70. The molecule has 0 unspecified atom stereocenters. The summed E-state index contributed by atoms with van der Waals surface area (Å²) >= 11 is 0. The molecule has 0 aliphatic carbocycles. The van der Waals surface area contributed by atoms with E-state index in [0.29, 0.717) is 18.9 Å². The molecule has 0 radical (unpaired) electrons. The summed E-state index contributed by atoms with van der Waals surface area (Å²) in [6, 6.07) is 2.70. The van der Waals surface area contributed by atoms with E-state index in [1.165, 1.54) is 12.1 Å². The van der Waals surface area contributed by atoms with Crippen LogP contribution in [0.25, 0.3) is 0 Å². The Hall–Kier alpha value is -1.02. The molecule has 1 aromatic rings. The molecule has 0 aromatic carbocycles. The van der Waals surface area contributed by atoms with Gasteiger partial charge in [-0.2, -0.15) is 8.42 Å². The van der Waals surface area contributed by atoms with Crippen LogP contribution in [0.5, 0.6) is 0 Å². The van der Waals surface area contributed by atoms with Crippen molar-refractivity contribution in [1.29, 1.82) is 0 Å². The summed E-state index contributed by atoms with van der Waals surface area (Å²) in [5.41, 5.74) is 0.486. The first-order chi connectivity index (χ1) is 7.07. The fourth-order valence-corrected chi connectivity index (χ4v) is 1.64. The second kappa shape index (κ2) is 3.86. The third kappa shape index (κ3) is 2.32. The maximum Gasteiger partial charge on any atom is 0.296 e. The molecular weight excluding hydrogens is 222 g/mol. The van der Waals surface area contributed by atoms with Gasteiger partial charge in [0.15, 0.2) is 0 Å². The van der Waals surface area contributed by atoms with Crippen LogP contribution < -0.4 is 0 Å². The molecule has 0 amide bonds. The standard InChI is InChI=1S/C8H9NO5S/c10-15(11,12)6-1-2-7(9-5-6)8-13-3-4-14-8/h1-2,5,8H,3-4H2,(H,10,11,12). The first-order valence-electron chi connectivity index (χ1n) is 4.24. The van der Waals surface area contributed by atoms with Crippen LogP contribution in [0.2, 0.25) is 0 Å². The third-order valence-corrected chi connectivity index (χ3v) is 2.76. The molecular formula is C8H9NO5S. The molecule has 0 saturated carbocycles. The molecule has 1 aliphatic rings. The van der Waals surface area contributed by atoms with Gasteiger partial charge in [-0.15, -0.1) is 0 Å². The molecule has 1 N–H and O–H groups in total. The van der Waals surface area contributed by atoms with E-state index in [-0.39, 0.29) is 4.90 Å². The second-order valence-electron chi connectivity index (χ2n) is 2.97. The quantitative estimate of drug-likeness (QED) is 0.740. The number of hydrogen-bond acceptors (Lipinski definition) is 5. The first kappa shape index (κ1) is 10.5. The highest BCUT2D eigenvalue weighted by Gasteiger charge is 2.20. The number of aromatic nitrogens is 1. The summed E-state index contributed by atoms with van der Waals surface area (Å²) in [6.07, 6.45) is 0.524. The molecule has 1 saturated heterocycles. The smallest absolute Gasteiger partial charge is 0.296 e. The lowest BCUT2D eigenvalue weighted by molar-refractivity contribution is -0.0473. The van der Waals surface area contributed by atoms with E-state index in [2.05, 4.69) is 4.98 Å². The monoisotopic (exact) mass is 231 g/mol. The van der Waals surface area contributed by atoms with Gasteiger partial charge in [-0.05, 0) is 12.1 Å². The zero-order chi connectivity index (χ0) is 10.9. The Balaban J connectivity index is 2.24. The van der Waals surface area contributed by atoms with E-state index in [4.69, 9.17) is 14.0 Å². The van der Waals surface area contributed by atoms with Crippen LogP contribution in [0.3, 0.4) is 0 Å². The minimum Gasteiger partial charge on any atom is -0.345 e. The lowest BCUT2D eigenvalue weighted by Crippen LogP contribution is -2.04. The number of rotatable bonds is 2. The van der Waals surface area contributed by atoms with Crippen molar-refractivity contribution >= 4 is 10.1 Å².